The Kier molecular flexibility index (Phi) is 2.65. The molecule has 0 amide bonds. The number of hydrogen-bond acceptors (Lipinski definition) is 2. The standard InChI is InChI=1S/C9H12O3/c1-2-8(10)6-4-3-5-7(6)9(11)12/h2,4,7-8,10H,1,3,5H2,(H,11,12). The Morgan fingerprint density at radius 3 is 3.00 bits per heavy atom. The highest BCUT2D eigenvalue weighted by atomic mass is 16.4. The first-order chi connectivity index (χ1) is 5.66. The molecule has 3 heteroatoms. The van der Waals surface area contributed by atoms with Crippen LogP contribution in [-0.2, 0) is 4.79 Å². The van der Waals surface area contributed by atoms with E-state index in [9.17, 15) is 9.90 Å². The van der Waals surface area contributed by atoms with Crippen molar-refractivity contribution in [3.63, 3.8) is 0 Å². The Morgan fingerprint density at radius 1 is 1.83 bits per heavy atom. The van der Waals surface area contributed by atoms with Crippen molar-refractivity contribution in [2.24, 2.45) is 5.92 Å². The topological polar surface area (TPSA) is 57.5 Å². The zero-order chi connectivity index (χ0) is 9.14. The van der Waals surface area contributed by atoms with Gasteiger partial charge in [-0.05, 0) is 18.4 Å². The van der Waals surface area contributed by atoms with Gasteiger partial charge < -0.3 is 10.2 Å². The van der Waals surface area contributed by atoms with Crippen molar-refractivity contribution in [2.45, 2.75) is 18.9 Å². The Morgan fingerprint density at radius 2 is 2.50 bits per heavy atom. The van der Waals surface area contributed by atoms with Crippen LogP contribution in [-0.4, -0.2) is 22.3 Å². The van der Waals surface area contributed by atoms with E-state index < -0.39 is 18.0 Å². The van der Waals surface area contributed by atoms with E-state index in [-0.39, 0.29) is 0 Å². The van der Waals surface area contributed by atoms with Crippen LogP contribution < -0.4 is 0 Å². The van der Waals surface area contributed by atoms with E-state index in [1.165, 1.54) is 6.08 Å². The predicted molar refractivity (Wildman–Crippen MR) is 44.6 cm³/mol. The van der Waals surface area contributed by atoms with Crippen LogP contribution in [0, 0.1) is 5.92 Å². The summed E-state index contributed by atoms with van der Waals surface area (Å²) in [6, 6.07) is 0. The maximum absolute atomic E-state index is 10.6. The molecule has 0 bridgehead atoms. The van der Waals surface area contributed by atoms with Crippen molar-refractivity contribution in [1.82, 2.24) is 0 Å². The highest BCUT2D eigenvalue weighted by Crippen LogP contribution is 2.28. The molecule has 0 aromatic rings. The number of rotatable bonds is 3. The quantitative estimate of drug-likeness (QED) is 0.617. The number of carboxylic acids is 1. The van der Waals surface area contributed by atoms with Gasteiger partial charge in [-0.25, -0.2) is 0 Å². The maximum Gasteiger partial charge on any atom is 0.310 e. The van der Waals surface area contributed by atoms with Gasteiger partial charge in [-0.15, -0.1) is 6.58 Å². The second-order valence-corrected chi connectivity index (χ2v) is 2.85. The van der Waals surface area contributed by atoms with Crippen LogP contribution in [0.1, 0.15) is 12.8 Å². The first kappa shape index (κ1) is 9.00. The van der Waals surface area contributed by atoms with Gasteiger partial charge in [0.15, 0.2) is 0 Å². The summed E-state index contributed by atoms with van der Waals surface area (Å²) < 4.78 is 0. The first-order valence-corrected chi connectivity index (χ1v) is 3.90. The van der Waals surface area contributed by atoms with Gasteiger partial charge in [0.2, 0.25) is 0 Å². The number of carbonyl (C=O) groups is 1. The lowest BCUT2D eigenvalue weighted by Gasteiger charge is -2.12. The monoisotopic (exact) mass is 168 g/mol. The minimum absolute atomic E-state index is 0.516. The van der Waals surface area contributed by atoms with Gasteiger partial charge in [0.1, 0.15) is 0 Å². The summed E-state index contributed by atoms with van der Waals surface area (Å²) in [5.41, 5.74) is 0.581. The largest absolute Gasteiger partial charge is 0.481 e. The Balaban J connectivity index is 2.75. The number of allylic oxidation sites excluding steroid dienone is 1. The minimum Gasteiger partial charge on any atom is -0.481 e. The Hall–Kier alpha value is -1.09. The van der Waals surface area contributed by atoms with Crippen molar-refractivity contribution in [3.8, 4) is 0 Å². The predicted octanol–water partition coefficient (Wildman–Crippen LogP) is 0.954. The molecule has 0 fully saturated rings. The lowest BCUT2D eigenvalue weighted by Crippen LogP contribution is -2.19. The van der Waals surface area contributed by atoms with Gasteiger partial charge in [0, 0.05) is 0 Å². The third kappa shape index (κ3) is 1.56. The normalized spacial score (nSPS) is 24.8. The van der Waals surface area contributed by atoms with Gasteiger partial charge >= 0.3 is 5.97 Å². The molecule has 1 aliphatic rings. The lowest BCUT2D eigenvalue weighted by atomic mass is 9.97. The third-order valence-electron chi connectivity index (χ3n) is 2.10. The number of aliphatic hydroxyl groups is 1. The van der Waals surface area contributed by atoms with E-state index in [0.29, 0.717) is 12.0 Å². The Bertz CT molecular complexity index is 230. The fraction of sp³-hybridized carbons (Fsp3) is 0.444. The van der Waals surface area contributed by atoms with Crippen LogP contribution in [0.15, 0.2) is 24.3 Å². The molecule has 2 unspecified atom stereocenters. The van der Waals surface area contributed by atoms with Crippen molar-refractivity contribution in [3.05, 3.63) is 24.3 Å². The highest BCUT2D eigenvalue weighted by Gasteiger charge is 2.28. The number of carboxylic acid groups (broad SMARTS) is 1. The van der Waals surface area contributed by atoms with Crippen LogP contribution >= 0.6 is 0 Å². The van der Waals surface area contributed by atoms with E-state index in [1.54, 1.807) is 6.08 Å². The van der Waals surface area contributed by atoms with Crippen LogP contribution in [0.4, 0.5) is 0 Å². The molecular formula is C9H12O3. The summed E-state index contributed by atoms with van der Waals surface area (Å²) in [7, 11) is 0. The second-order valence-electron chi connectivity index (χ2n) is 2.85. The van der Waals surface area contributed by atoms with Gasteiger partial charge in [-0.3, -0.25) is 4.79 Å². The number of hydrogen-bond donors (Lipinski definition) is 2. The van der Waals surface area contributed by atoms with Crippen LogP contribution in [0.5, 0.6) is 0 Å². The number of aliphatic carboxylic acids is 1. The molecule has 66 valence electrons. The summed E-state index contributed by atoms with van der Waals surface area (Å²) in [5, 5.41) is 18.1. The van der Waals surface area contributed by atoms with Crippen LogP contribution in [0.3, 0.4) is 0 Å². The molecule has 1 rings (SSSR count). The van der Waals surface area contributed by atoms with Crippen molar-refractivity contribution in [1.29, 1.82) is 0 Å². The Labute approximate surface area is 71.0 Å². The minimum atomic E-state index is -0.861. The van der Waals surface area contributed by atoms with E-state index >= 15 is 0 Å². The lowest BCUT2D eigenvalue weighted by molar-refractivity contribution is -0.140. The zero-order valence-corrected chi connectivity index (χ0v) is 6.73. The molecule has 12 heavy (non-hydrogen) atoms. The van der Waals surface area contributed by atoms with Gasteiger partial charge in [-0.2, -0.15) is 0 Å². The number of aliphatic hydroxyl groups excluding tert-OH is 1. The maximum atomic E-state index is 10.6. The SMILES string of the molecule is C=CC(O)C1=CCCC1C(=O)O. The van der Waals surface area contributed by atoms with E-state index in [0.717, 1.165) is 6.42 Å². The van der Waals surface area contributed by atoms with Gasteiger partial charge in [-0.1, -0.05) is 12.2 Å². The zero-order valence-electron chi connectivity index (χ0n) is 6.73. The highest BCUT2D eigenvalue weighted by molar-refractivity contribution is 5.74. The van der Waals surface area contributed by atoms with Gasteiger partial charge in [0.05, 0.1) is 12.0 Å². The molecule has 0 aromatic carbocycles. The fourth-order valence-electron chi connectivity index (χ4n) is 1.45. The molecule has 2 atom stereocenters. The van der Waals surface area contributed by atoms with Crippen molar-refractivity contribution < 1.29 is 15.0 Å². The average Bonchev–Trinajstić information content (AvgIpc) is 2.50. The summed E-state index contributed by atoms with van der Waals surface area (Å²) in [4.78, 5) is 10.6. The van der Waals surface area contributed by atoms with E-state index in [2.05, 4.69) is 6.58 Å². The summed E-state index contributed by atoms with van der Waals surface area (Å²) >= 11 is 0. The van der Waals surface area contributed by atoms with E-state index in [1.807, 2.05) is 0 Å². The van der Waals surface area contributed by atoms with Crippen molar-refractivity contribution >= 4 is 5.97 Å². The van der Waals surface area contributed by atoms with E-state index in [4.69, 9.17) is 5.11 Å². The molecule has 0 heterocycles. The molecule has 0 saturated carbocycles. The smallest absolute Gasteiger partial charge is 0.310 e. The molecule has 0 radical (unpaired) electrons. The fourth-order valence-corrected chi connectivity index (χ4v) is 1.45. The summed E-state index contributed by atoms with van der Waals surface area (Å²) in [6.45, 7) is 3.42. The molecule has 0 saturated heterocycles. The first-order valence-electron chi connectivity index (χ1n) is 3.90. The second kappa shape index (κ2) is 3.54. The van der Waals surface area contributed by atoms with Crippen LogP contribution in [0.25, 0.3) is 0 Å². The molecule has 3 nitrogen and oxygen atoms in total. The molecule has 0 aromatic heterocycles. The third-order valence-corrected chi connectivity index (χ3v) is 2.10. The molecule has 2 N–H and O–H groups in total. The molecular weight excluding hydrogens is 156 g/mol. The summed E-state index contributed by atoms with van der Waals surface area (Å²) in [6.07, 6.45) is 3.67. The summed E-state index contributed by atoms with van der Waals surface area (Å²) in [5.74, 6) is -1.38. The molecule has 0 aliphatic heterocycles. The van der Waals surface area contributed by atoms with Crippen LogP contribution in [0.2, 0.25) is 0 Å². The molecule has 1 aliphatic carbocycles. The molecule has 0 spiro atoms. The van der Waals surface area contributed by atoms with Crippen molar-refractivity contribution in [2.75, 3.05) is 0 Å². The average molecular weight is 168 g/mol. The van der Waals surface area contributed by atoms with Gasteiger partial charge in [0.25, 0.3) is 0 Å².